The average Bonchev–Trinajstić information content (AvgIpc) is 3.20. The van der Waals surface area contributed by atoms with E-state index in [4.69, 9.17) is 0 Å². The molecule has 1 heterocycles. The monoisotopic (exact) mass is 447 g/mol. The van der Waals surface area contributed by atoms with Gasteiger partial charge in [0.25, 0.3) is 0 Å². The predicted octanol–water partition coefficient (Wildman–Crippen LogP) is 6.00. The average molecular weight is 448 g/mol. The van der Waals surface area contributed by atoms with E-state index in [-0.39, 0.29) is 4.90 Å². The Labute approximate surface area is 178 Å². The first-order chi connectivity index (χ1) is 13.9. The number of hydrogen-bond donors (Lipinski definition) is 0. The van der Waals surface area contributed by atoms with Crippen LogP contribution >= 0.6 is 0 Å². The molecule has 0 unspecified atom stereocenters. The number of halogens is 3. The van der Waals surface area contributed by atoms with Crippen molar-refractivity contribution in [2.24, 2.45) is 4.99 Å². The summed E-state index contributed by atoms with van der Waals surface area (Å²) in [6.45, 7) is 13.5. The third kappa shape index (κ3) is 12.2. The van der Waals surface area contributed by atoms with Crippen molar-refractivity contribution in [3.05, 3.63) is 55.1 Å². The van der Waals surface area contributed by atoms with E-state index < -0.39 is 21.7 Å². The molecule has 1 aromatic carbocycles. The van der Waals surface area contributed by atoms with Crippen LogP contribution in [0.1, 0.15) is 46.7 Å². The Morgan fingerprint density at radius 1 is 1.20 bits per heavy atom. The summed E-state index contributed by atoms with van der Waals surface area (Å²) in [5.41, 5.74) is 0.528. The van der Waals surface area contributed by atoms with Gasteiger partial charge in [0.1, 0.15) is 0 Å². The standard InChI is InChI=1S/C11H9F3N2O2S.C4H9N.C4H8.C2H6/c1-19(17,18)9-4-2-8(3-5-9)16-6-10(15-7-16)11(12,13)14;1-4(2)5-3;1-3-4-2;1-2/h2-7H,1H3;1-3H3;3H,1,4H2,2H3;1-2H3. The van der Waals surface area contributed by atoms with Gasteiger partial charge in [0.2, 0.25) is 0 Å². The minimum absolute atomic E-state index is 0.104. The molecule has 0 fully saturated rings. The maximum atomic E-state index is 12.4. The van der Waals surface area contributed by atoms with Gasteiger partial charge in [-0.2, -0.15) is 13.2 Å². The molecule has 0 atom stereocenters. The van der Waals surface area contributed by atoms with Crippen molar-refractivity contribution in [3.8, 4) is 5.69 Å². The number of hydrogen-bond acceptors (Lipinski definition) is 4. The molecular weight excluding hydrogens is 415 g/mol. The second kappa shape index (κ2) is 14.5. The largest absolute Gasteiger partial charge is 0.434 e. The van der Waals surface area contributed by atoms with Gasteiger partial charge in [-0.3, -0.25) is 4.99 Å². The molecule has 2 aromatic rings. The van der Waals surface area contributed by atoms with Crippen molar-refractivity contribution >= 4 is 15.5 Å². The summed E-state index contributed by atoms with van der Waals surface area (Å²) in [4.78, 5) is 7.16. The van der Waals surface area contributed by atoms with Gasteiger partial charge in [0.15, 0.2) is 15.5 Å². The number of aromatic nitrogens is 2. The summed E-state index contributed by atoms with van der Waals surface area (Å²) in [5, 5.41) is 0. The Morgan fingerprint density at radius 2 is 1.63 bits per heavy atom. The molecule has 0 bridgehead atoms. The minimum atomic E-state index is -4.50. The molecule has 0 aliphatic heterocycles. The lowest BCUT2D eigenvalue weighted by molar-refractivity contribution is -0.140. The smallest absolute Gasteiger partial charge is 0.306 e. The zero-order chi connectivity index (χ0) is 24.0. The Kier molecular flexibility index (Phi) is 14.4. The number of rotatable bonds is 3. The van der Waals surface area contributed by atoms with Gasteiger partial charge in [-0.05, 0) is 44.5 Å². The molecule has 170 valence electrons. The first kappa shape index (κ1) is 29.8. The van der Waals surface area contributed by atoms with Crippen molar-refractivity contribution < 1.29 is 21.6 Å². The van der Waals surface area contributed by atoms with Crippen LogP contribution in [0.5, 0.6) is 0 Å². The van der Waals surface area contributed by atoms with Crippen LogP contribution in [0.25, 0.3) is 5.69 Å². The van der Waals surface area contributed by atoms with Crippen molar-refractivity contribution in [2.45, 2.75) is 52.1 Å². The Bertz CT molecular complexity index is 866. The lowest BCUT2D eigenvalue weighted by Crippen LogP contribution is -2.04. The van der Waals surface area contributed by atoms with Crippen LogP contribution in [0.3, 0.4) is 0 Å². The topological polar surface area (TPSA) is 64.3 Å². The SMILES string of the molecule is C=CCC.CC.CN=C(C)C.CS(=O)(=O)c1ccc(-n2cnc(C(F)(F)F)c2)cc1. The highest BCUT2D eigenvalue weighted by molar-refractivity contribution is 7.90. The normalized spacial score (nSPS) is 10.2. The van der Waals surface area contributed by atoms with Gasteiger partial charge in [-0.25, -0.2) is 13.4 Å². The van der Waals surface area contributed by atoms with Crippen LogP contribution in [0.2, 0.25) is 0 Å². The van der Waals surface area contributed by atoms with E-state index >= 15 is 0 Å². The summed E-state index contributed by atoms with van der Waals surface area (Å²) >= 11 is 0. The van der Waals surface area contributed by atoms with E-state index in [1.165, 1.54) is 28.8 Å². The minimum Gasteiger partial charge on any atom is -0.306 e. The molecule has 0 aliphatic rings. The third-order valence-corrected chi connectivity index (χ3v) is 4.30. The zero-order valence-corrected chi connectivity index (χ0v) is 19.5. The van der Waals surface area contributed by atoms with Gasteiger partial charge < -0.3 is 4.57 Å². The van der Waals surface area contributed by atoms with Gasteiger partial charge in [-0.1, -0.05) is 26.8 Å². The molecule has 0 saturated carbocycles. The van der Waals surface area contributed by atoms with E-state index in [1.807, 2.05) is 33.8 Å². The van der Waals surface area contributed by atoms with Crippen LogP contribution in [0, 0.1) is 0 Å². The molecule has 1 aromatic heterocycles. The number of benzene rings is 1. The highest BCUT2D eigenvalue weighted by Gasteiger charge is 2.33. The molecule has 0 amide bonds. The van der Waals surface area contributed by atoms with E-state index in [2.05, 4.69) is 23.5 Å². The Balaban J connectivity index is 0. The molecule has 2 rings (SSSR count). The van der Waals surface area contributed by atoms with Crippen molar-refractivity contribution in [1.82, 2.24) is 9.55 Å². The number of sulfone groups is 1. The number of alkyl halides is 3. The van der Waals surface area contributed by atoms with Crippen LogP contribution < -0.4 is 0 Å². The zero-order valence-electron chi connectivity index (χ0n) is 18.7. The quantitative estimate of drug-likeness (QED) is 0.428. The first-order valence-electron chi connectivity index (χ1n) is 9.29. The predicted molar refractivity (Wildman–Crippen MR) is 118 cm³/mol. The molecule has 30 heavy (non-hydrogen) atoms. The number of allylic oxidation sites excluding steroid dienone is 1. The molecule has 0 N–H and O–H groups in total. The van der Waals surface area contributed by atoms with Gasteiger partial charge >= 0.3 is 6.18 Å². The van der Waals surface area contributed by atoms with E-state index in [0.29, 0.717) is 5.69 Å². The van der Waals surface area contributed by atoms with Crippen LogP contribution in [-0.4, -0.2) is 37.0 Å². The summed E-state index contributed by atoms with van der Waals surface area (Å²) in [6, 6.07) is 5.49. The number of imidazole rings is 1. The third-order valence-electron chi connectivity index (χ3n) is 3.17. The van der Waals surface area contributed by atoms with E-state index in [9.17, 15) is 21.6 Å². The molecule has 0 radical (unpaired) electrons. The van der Waals surface area contributed by atoms with Crippen molar-refractivity contribution in [3.63, 3.8) is 0 Å². The first-order valence-corrected chi connectivity index (χ1v) is 11.2. The van der Waals surface area contributed by atoms with Crippen molar-refractivity contribution in [1.29, 1.82) is 0 Å². The number of nitrogens with zero attached hydrogens (tertiary/aromatic N) is 3. The van der Waals surface area contributed by atoms with E-state index in [1.54, 1.807) is 7.05 Å². The second-order valence-electron chi connectivity index (χ2n) is 5.80. The van der Waals surface area contributed by atoms with Gasteiger partial charge in [0, 0.05) is 30.9 Å². The molecule has 0 spiro atoms. The van der Waals surface area contributed by atoms with Crippen LogP contribution in [-0.2, 0) is 16.0 Å². The fraction of sp³-hybridized carbons (Fsp3) is 0.429. The number of aliphatic imine (C=N–C) groups is 1. The van der Waals surface area contributed by atoms with Gasteiger partial charge in [0.05, 0.1) is 11.2 Å². The maximum Gasteiger partial charge on any atom is 0.434 e. The second-order valence-corrected chi connectivity index (χ2v) is 7.81. The highest BCUT2D eigenvalue weighted by Crippen LogP contribution is 2.28. The maximum absolute atomic E-state index is 12.4. The lowest BCUT2D eigenvalue weighted by Gasteiger charge is -2.04. The summed E-state index contributed by atoms with van der Waals surface area (Å²) < 4.78 is 60.8. The highest BCUT2D eigenvalue weighted by atomic mass is 32.2. The van der Waals surface area contributed by atoms with Crippen LogP contribution in [0.4, 0.5) is 13.2 Å². The van der Waals surface area contributed by atoms with Gasteiger partial charge in [-0.15, -0.1) is 6.58 Å². The lowest BCUT2D eigenvalue weighted by atomic mass is 10.3. The van der Waals surface area contributed by atoms with E-state index in [0.717, 1.165) is 30.9 Å². The summed E-state index contributed by atoms with van der Waals surface area (Å²) in [7, 11) is -1.54. The fourth-order valence-corrected chi connectivity index (χ4v) is 2.11. The Morgan fingerprint density at radius 3 is 1.90 bits per heavy atom. The summed E-state index contributed by atoms with van der Waals surface area (Å²) in [6.07, 6.45) is 1.38. The fourth-order valence-electron chi connectivity index (χ4n) is 1.48. The molecule has 9 heteroatoms. The van der Waals surface area contributed by atoms with Crippen LogP contribution in [0.15, 0.2) is 59.3 Å². The summed E-state index contributed by atoms with van der Waals surface area (Å²) in [5.74, 6) is 0. The molecular formula is C21H32F3N3O2S. The molecule has 5 nitrogen and oxygen atoms in total. The van der Waals surface area contributed by atoms with Crippen molar-refractivity contribution in [2.75, 3.05) is 13.3 Å². The molecule has 0 saturated heterocycles. The molecule has 0 aliphatic carbocycles. The Hall–Kier alpha value is -2.42.